The molecule has 0 saturated heterocycles. The molecule has 6 rings (SSSR count). The third-order valence-electron chi connectivity index (χ3n) is 7.92. The Morgan fingerprint density at radius 3 is 2.52 bits per heavy atom. The molecule has 4 aliphatic rings. The van der Waals surface area contributed by atoms with Crippen molar-refractivity contribution in [2.75, 3.05) is 0 Å². The van der Waals surface area contributed by atoms with Crippen LogP contribution in [0.5, 0.6) is 0 Å². The fourth-order valence-corrected chi connectivity index (χ4v) is 6.27. The van der Waals surface area contributed by atoms with Gasteiger partial charge in [-0.05, 0) is 118 Å². The highest BCUT2D eigenvalue weighted by Gasteiger charge is 2.24. The lowest BCUT2D eigenvalue weighted by Crippen LogP contribution is -2.34. The largest absolute Gasteiger partial charge is 0.0905 e. The van der Waals surface area contributed by atoms with Gasteiger partial charge >= 0.3 is 0 Å². The van der Waals surface area contributed by atoms with Crippen LogP contribution in [0.25, 0.3) is 34.1 Å². The summed E-state index contributed by atoms with van der Waals surface area (Å²) in [5.74, 6) is 0.698. The van der Waals surface area contributed by atoms with E-state index in [-0.39, 0.29) is 0 Å². The zero-order valence-corrected chi connectivity index (χ0v) is 19.7. The lowest BCUT2D eigenvalue weighted by atomic mass is 9.76. The Morgan fingerprint density at radius 2 is 1.67 bits per heavy atom. The molecule has 1 unspecified atom stereocenters. The minimum Gasteiger partial charge on any atom is -0.0905 e. The molecule has 0 N–H and O–H groups in total. The molecule has 1 atom stereocenters. The van der Waals surface area contributed by atoms with Crippen LogP contribution in [0.1, 0.15) is 63.0 Å². The van der Waals surface area contributed by atoms with Gasteiger partial charge in [0.2, 0.25) is 0 Å². The summed E-state index contributed by atoms with van der Waals surface area (Å²) in [5.41, 5.74) is 9.72. The molecule has 0 aromatic heterocycles. The van der Waals surface area contributed by atoms with Crippen LogP contribution in [0.3, 0.4) is 0 Å². The van der Waals surface area contributed by atoms with E-state index < -0.39 is 0 Å². The van der Waals surface area contributed by atoms with Crippen molar-refractivity contribution in [3.05, 3.63) is 106 Å². The molecule has 0 amide bonds. The van der Waals surface area contributed by atoms with Crippen molar-refractivity contribution < 1.29 is 0 Å². The second-order valence-corrected chi connectivity index (χ2v) is 9.91. The van der Waals surface area contributed by atoms with Crippen molar-refractivity contribution in [2.45, 2.75) is 51.9 Å². The molecule has 0 heteroatoms. The van der Waals surface area contributed by atoms with Crippen molar-refractivity contribution in [3.8, 4) is 0 Å². The Kier molecular flexibility index (Phi) is 5.18. The van der Waals surface area contributed by atoms with Gasteiger partial charge in [-0.25, -0.2) is 0 Å². The number of benzene rings is 2. The predicted molar refractivity (Wildman–Crippen MR) is 144 cm³/mol. The first kappa shape index (κ1) is 20.5. The summed E-state index contributed by atoms with van der Waals surface area (Å²) < 4.78 is 0. The SMILES string of the molecule is C=C(C1=CCCC=C1C)c1c2c(c(C3=CC4=CC=CCC4CC3)c3ccccc13)=CCCC=2. The number of hydrogen-bond acceptors (Lipinski definition) is 0. The Hall–Kier alpha value is -3.12. The van der Waals surface area contributed by atoms with Crippen LogP contribution in [0.2, 0.25) is 0 Å². The maximum Gasteiger partial charge on any atom is -0.00297 e. The normalized spacial score (nSPS) is 21.5. The highest BCUT2D eigenvalue weighted by Crippen LogP contribution is 2.39. The first-order valence-electron chi connectivity index (χ1n) is 12.6. The minimum absolute atomic E-state index is 0.698. The molecule has 164 valence electrons. The van der Waals surface area contributed by atoms with E-state index in [1.54, 1.807) is 0 Å². The van der Waals surface area contributed by atoms with E-state index in [1.165, 1.54) is 73.0 Å². The molecule has 2 aromatic carbocycles. The fraction of sp³-hybridized carbons (Fsp3) is 0.273. The van der Waals surface area contributed by atoms with Gasteiger partial charge in [0.25, 0.3) is 0 Å². The number of rotatable bonds is 3. The summed E-state index contributed by atoms with van der Waals surface area (Å²) in [5, 5.41) is 5.57. The first-order chi connectivity index (χ1) is 16.2. The van der Waals surface area contributed by atoms with Gasteiger partial charge in [-0.3, -0.25) is 0 Å². The summed E-state index contributed by atoms with van der Waals surface area (Å²) in [7, 11) is 0. The van der Waals surface area contributed by atoms with Crippen LogP contribution in [0.4, 0.5) is 0 Å². The van der Waals surface area contributed by atoms with Crippen molar-refractivity contribution in [2.24, 2.45) is 5.92 Å². The molecule has 0 nitrogen and oxygen atoms in total. The number of hydrogen-bond donors (Lipinski definition) is 0. The van der Waals surface area contributed by atoms with Gasteiger partial charge in [0.15, 0.2) is 0 Å². The third kappa shape index (κ3) is 3.44. The van der Waals surface area contributed by atoms with Crippen molar-refractivity contribution in [1.29, 1.82) is 0 Å². The molecule has 0 aliphatic heterocycles. The summed E-state index contributed by atoms with van der Waals surface area (Å²) in [6.07, 6.45) is 27.2. The Bertz CT molecular complexity index is 1450. The van der Waals surface area contributed by atoms with Crippen LogP contribution >= 0.6 is 0 Å². The first-order valence-corrected chi connectivity index (χ1v) is 12.6. The van der Waals surface area contributed by atoms with Crippen molar-refractivity contribution in [3.63, 3.8) is 0 Å². The molecule has 0 spiro atoms. The number of fused-ring (bicyclic) bond motifs is 3. The van der Waals surface area contributed by atoms with Gasteiger partial charge in [0, 0.05) is 0 Å². The van der Waals surface area contributed by atoms with Gasteiger partial charge in [0.05, 0.1) is 0 Å². The van der Waals surface area contributed by atoms with E-state index in [1.807, 2.05) is 0 Å². The predicted octanol–water partition coefficient (Wildman–Crippen LogP) is 7.55. The lowest BCUT2D eigenvalue weighted by Gasteiger charge is -2.28. The zero-order valence-electron chi connectivity index (χ0n) is 19.7. The summed E-state index contributed by atoms with van der Waals surface area (Å²) in [6, 6.07) is 9.06. The topological polar surface area (TPSA) is 0 Å². The molecule has 0 fully saturated rings. The molecular weight excluding hydrogens is 396 g/mol. The van der Waals surface area contributed by atoms with Crippen molar-refractivity contribution >= 4 is 34.1 Å². The second-order valence-electron chi connectivity index (χ2n) is 9.91. The molecule has 4 aliphatic carbocycles. The van der Waals surface area contributed by atoms with E-state index >= 15 is 0 Å². The van der Waals surface area contributed by atoms with Gasteiger partial charge in [-0.15, -0.1) is 0 Å². The van der Waals surface area contributed by atoms with Crippen LogP contribution in [0.15, 0.2) is 84.0 Å². The molecular formula is C33H32. The highest BCUT2D eigenvalue weighted by molar-refractivity contribution is 6.04. The van der Waals surface area contributed by atoms with Crippen LogP contribution in [0, 0.1) is 5.92 Å². The summed E-state index contributed by atoms with van der Waals surface area (Å²) in [6.45, 7) is 6.92. The second kappa shape index (κ2) is 8.34. The summed E-state index contributed by atoms with van der Waals surface area (Å²) >= 11 is 0. The van der Waals surface area contributed by atoms with Crippen molar-refractivity contribution in [1.82, 2.24) is 0 Å². The van der Waals surface area contributed by atoms with E-state index in [2.05, 4.69) is 86.4 Å². The van der Waals surface area contributed by atoms with Gasteiger partial charge in [0.1, 0.15) is 0 Å². The van der Waals surface area contributed by atoms with E-state index in [0.29, 0.717) is 5.92 Å². The molecule has 2 aromatic rings. The molecule has 0 saturated carbocycles. The average molecular weight is 429 g/mol. The summed E-state index contributed by atoms with van der Waals surface area (Å²) in [4.78, 5) is 0. The number of allylic oxidation sites excluding steroid dienone is 11. The maximum absolute atomic E-state index is 4.68. The van der Waals surface area contributed by atoms with Gasteiger partial charge < -0.3 is 0 Å². The maximum atomic E-state index is 4.68. The molecule has 0 radical (unpaired) electrons. The fourth-order valence-electron chi connectivity index (χ4n) is 6.27. The Labute approximate surface area is 197 Å². The van der Waals surface area contributed by atoms with E-state index in [0.717, 1.165) is 32.1 Å². The molecule has 0 heterocycles. The quantitative estimate of drug-likeness (QED) is 0.473. The third-order valence-corrected chi connectivity index (χ3v) is 7.92. The van der Waals surface area contributed by atoms with Crippen LogP contribution < -0.4 is 10.4 Å². The Morgan fingerprint density at radius 1 is 0.909 bits per heavy atom. The van der Waals surface area contributed by atoms with Crippen LogP contribution in [-0.4, -0.2) is 0 Å². The average Bonchev–Trinajstić information content (AvgIpc) is 2.87. The molecule has 33 heavy (non-hydrogen) atoms. The monoisotopic (exact) mass is 428 g/mol. The zero-order chi connectivity index (χ0) is 22.4. The van der Waals surface area contributed by atoms with E-state index in [4.69, 9.17) is 0 Å². The molecule has 0 bridgehead atoms. The van der Waals surface area contributed by atoms with Crippen LogP contribution in [-0.2, 0) is 0 Å². The highest BCUT2D eigenvalue weighted by atomic mass is 14.3. The lowest BCUT2D eigenvalue weighted by molar-refractivity contribution is 0.572. The smallest absolute Gasteiger partial charge is 0.00297 e. The minimum atomic E-state index is 0.698. The van der Waals surface area contributed by atoms with Gasteiger partial charge in [-0.1, -0.05) is 79.5 Å². The standard InChI is InChI=1S/C33H32/c1-22-11-3-6-14-27(22)23(2)32-28-15-7-9-17-30(28)33(31-18-10-8-16-29(31)32)26-20-19-24-12-4-5-13-25(24)21-26/h4-5,7,9,11,13-18,21,24H,2-3,6,8,10,12,19-20H2,1H3. The van der Waals surface area contributed by atoms with Gasteiger partial charge in [-0.2, -0.15) is 0 Å². The van der Waals surface area contributed by atoms with E-state index in [9.17, 15) is 0 Å². The Balaban J connectivity index is 1.64.